The SMILES string of the molecule is Cn1nnnc1-c1ccc(O)cn1. The van der Waals surface area contributed by atoms with Gasteiger partial charge in [-0.05, 0) is 22.6 Å². The van der Waals surface area contributed by atoms with E-state index in [1.54, 1.807) is 13.1 Å². The van der Waals surface area contributed by atoms with Gasteiger partial charge in [-0.3, -0.25) is 0 Å². The molecule has 0 aliphatic heterocycles. The minimum Gasteiger partial charge on any atom is -0.506 e. The van der Waals surface area contributed by atoms with E-state index < -0.39 is 0 Å². The van der Waals surface area contributed by atoms with Crippen molar-refractivity contribution < 1.29 is 5.11 Å². The van der Waals surface area contributed by atoms with Gasteiger partial charge in [-0.15, -0.1) is 5.10 Å². The van der Waals surface area contributed by atoms with Crippen LogP contribution in [0.5, 0.6) is 5.75 Å². The molecule has 0 saturated heterocycles. The van der Waals surface area contributed by atoms with Gasteiger partial charge in [0.1, 0.15) is 11.4 Å². The Morgan fingerprint density at radius 3 is 2.77 bits per heavy atom. The Morgan fingerprint density at radius 1 is 1.38 bits per heavy atom. The molecule has 2 aromatic heterocycles. The first-order chi connectivity index (χ1) is 6.27. The second-order valence-corrected chi connectivity index (χ2v) is 2.53. The zero-order chi connectivity index (χ0) is 9.26. The van der Waals surface area contributed by atoms with Crippen LogP contribution >= 0.6 is 0 Å². The second kappa shape index (κ2) is 2.81. The van der Waals surface area contributed by atoms with E-state index in [1.165, 1.54) is 16.9 Å². The molecule has 6 heteroatoms. The highest BCUT2D eigenvalue weighted by Gasteiger charge is 2.05. The molecule has 2 heterocycles. The number of rotatable bonds is 1. The zero-order valence-electron chi connectivity index (χ0n) is 6.92. The molecule has 0 amide bonds. The van der Waals surface area contributed by atoms with Crippen molar-refractivity contribution in [3.63, 3.8) is 0 Å². The Balaban J connectivity index is 2.47. The number of pyridine rings is 1. The maximum Gasteiger partial charge on any atom is 0.200 e. The minimum absolute atomic E-state index is 0.124. The fourth-order valence-electron chi connectivity index (χ4n) is 0.965. The number of aromatic nitrogens is 5. The third-order valence-electron chi connectivity index (χ3n) is 1.60. The summed E-state index contributed by atoms with van der Waals surface area (Å²) in [4.78, 5) is 3.97. The van der Waals surface area contributed by atoms with Crippen molar-refractivity contribution in [3.05, 3.63) is 18.3 Å². The number of hydrogen-bond acceptors (Lipinski definition) is 5. The summed E-state index contributed by atoms with van der Waals surface area (Å²) in [5.41, 5.74) is 0.630. The lowest BCUT2D eigenvalue weighted by atomic mass is 10.3. The van der Waals surface area contributed by atoms with E-state index in [0.717, 1.165) is 0 Å². The monoisotopic (exact) mass is 177 g/mol. The average molecular weight is 177 g/mol. The lowest BCUT2D eigenvalue weighted by Gasteiger charge is -1.96. The third-order valence-corrected chi connectivity index (χ3v) is 1.60. The lowest BCUT2D eigenvalue weighted by molar-refractivity contribution is 0.473. The van der Waals surface area contributed by atoms with Crippen LogP contribution in [0.3, 0.4) is 0 Å². The van der Waals surface area contributed by atoms with Gasteiger partial charge in [-0.2, -0.15) is 0 Å². The molecule has 2 rings (SSSR count). The third kappa shape index (κ3) is 1.33. The maximum absolute atomic E-state index is 9.00. The number of aromatic hydroxyl groups is 1. The van der Waals surface area contributed by atoms with Crippen LogP contribution in [0.1, 0.15) is 0 Å². The first-order valence-electron chi connectivity index (χ1n) is 3.65. The maximum atomic E-state index is 9.00. The predicted molar refractivity (Wildman–Crippen MR) is 43.7 cm³/mol. The number of tetrazole rings is 1. The van der Waals surface area contributed by atoms with Gasteiger partial charge in [0.15, 0.2) is 5.82 Å². The quantitative estimate of drug-likeness (QED) is 0.662. The van der Waals surface area contributed by atoms with Crippen molar-refractivity contribution in [1.29, 1.82) is 0 Å². The van der Waals surface area contributed by atoms with Crippen LogP contribution in [0.15, 0.2) is 18.3 Å². The molecular weight excluding hydrogens is 170 g/mol. The molecule has 0 fully saturated rings. The molecule has 2 aromatic rings. The van der Waals surface area contributed by atoms with E-state index in [4.69, 9.17) is 5.11 Å². The summed E-state index contributed by atoms with van der Waals surface area (Å²) < 4.78 is 1.51. The summed E-state index contributed by atoms with van der Waals surface area (Å²) in [6.45, 7) is 0. The fourth-order valence-corrected chi connectivity index (χ4v) is 0.965. The number of aryl methyl sites for hydroxylation is 1. The second-order valence-electron chi connectivity index (χ2n) is 2.53. The first kappa shape index (κ1) is 7.66. The van der Waals surface area contributed by atoms with Crippen LogP contribution in [0, 0.1) is 0 Å². The molecule has 0 spiro atoms. The molecule has 6 nitrogen and oxygen atoms in total. The van der Waals surface area contributed by atoms with Crippen molar-refractivity contribution in [1.82, 2.24) is 25.2 Å². The minimum atomic E-state index is 0.124. The van der Waals surface area contributed by atoms with Gasteiger partial charge >= 0.3 is 0 Å². The molecule has 0 aliphatic rings. The topological polar surface area (TPSA) is 76.7 Å². The van der Waals surface area contributed by atoms with Crippen LogP contribution in [0.25, 0.3) is 11.5 Å². The van der Waals surface area contributed by atoms with Gasteiger partial charge in [0.25, 0.3) is 0 Å². The van der Waals surface area contributed by atoms with E-state index in [-0.39, 0.29) is 5.75 Å². The molecule has 0 saturated carbocycles. The highest BCUT2D eigenvalue weighted by atomic mass is 16.3. The van der Waals surface area contributed by atoms with Crippen LogP contribution in [0.2, 0.25) is 0 Å². The van der Waals surface area contributed by atoms with Crippen LogP contribution < -0.4 is 0 Å². The number of hydrogen-bond donors (Lipinski definition) is 1. The van der Waals surface area contributed by atoms with Gasteiger partial charge in [-0.25, -0.2) is 9.67 Å². The van der Waals surface area contributed by atoms with E-state index in [9.17, 15) is 0 Å². The van der Waals surface area contributed by atoms with Crippen LogP contribution in [-0.2, 0) is 7.05 Å². The summed E-state index contributed by atoms with van der Waals surface area (Å²) >= 11 is 0. The first-order valence-corrected chi connectivity index (χ1v) is 3.65. The van der Waals surface area contributed by atoms with Crippen molar-refractivity contribution in [2.45, 2.75) is 0 Å². The van der Waals surface area contributed by atoms with Crippen LogP contribution in [0.4, 0.5) is 0 Å². The normalized spacial score (nSPS) is 10.2. The Labute approximate surface area is 73.9 Å². The molecule has 13 heavy (non-hydrogen) atoms. The van der Waals surface area contributed by atoms with Crippen molar-refractivity contribution >= 4 is 0 Å². The predicted octanol–water partition coefficient (Wildman–Crippen LogP) is -0.0223. The average Bonchev–Trinajstić information content (AvgIpc) is 2.53. The van der Waals surface area contributed by atoms with Crippen molar-refractivity contribution in [2.24, 2.45) is 7.05 Å². The Kier molecular flexibility index (Phi) is 1.66. The molecular formula is C7H7N5O. The lowest BCUT2D eigenvalue weighted by Crippen LogP contribution is -1.95. The van der Waals surface area contributed by atoms with Crippen LogP contribution in [-0.4, -0.2) is 30.3 Å². The Bertz CT molecular complexity index is 407. The smallest absolute Gasteiger partial charge is 0.200 e. The molecule has 0 unspecified atom stereocenters. The van der Waals surface area contributed by atoms with Gasteiger partial charge in [0, 0.05) is 7.05 Å². The zero-order valence-corrected chi connectivity index (χ0v) is 6.92. The molecule has 0 aliphatic carbocycles. The summed E-state index contributed by atoms with van der Waals surface area (Å²) in [6, 6.07) is 3.19. The number of nitrogens with zero attached hydrogens (tertiary/aromatic N) is 5. The summed E-state index contributed by atoms with van der Waals surface area (Å²) in [7, 11) is 1.73. The highest BCUT2D eigenvalue weighted by molar-refractivity contribution is 5.48. The summed E-state index contributed by atoms with van der Waals surface area (Å²) in [5.74, 6) is 0.693. The molecule has 0 bridgehead atoms. The molecule has 0 atom stereocenters. The van der Waals surface area contributed by atoms with Gasteiger partial charge < -0.3 is 5.11 Å². The standard InChI is InChI=1S/C7H7N5O/c1-12-7(9-10-11-12)6-3-2-5(13)4-8-6/h2-4,13H,1H3. The summed E-state index contributed by atoms with van der Waals surface area (Å²) in [6.07, 6.45) is 1.35. The fraction of sp³-hybridized carbons (Fsp3) is 0.143. The molecule has 1 N–H and O–H groups in total. The van der Waals surface area contributed by atoms with E-state index in [1.807, 2.05) is 0 Å². The molecule has 0 aromatic carbocycles. The van der Waals surface area contributed by atoms with Gasteiger partial charge in [0.2, 0.25) is 0 Å². The van der Waals surface area contributed by atoms with E-state index in [0.29, 0.717) is 11.5 Å². The van der Waals surface area contributed by atoms with Crippen molar-refractivity contribution in [2.75, 3.05) is 0 Å². The van der Waals surface area contributed by atoms with Gasteiger partial charge in [-0.1, -0.05) is 0 Å². The summed E-state index contributed by atoms with van der Waals surface area (Å²) in [5, 5.41) is 19.9. The largest absolute Gasteiger partial charge is 0.506 e. The molecule has 66 valence electrons. The van der Waals surface area contributed by atoms with Crippen molar-refractivity contribution in [3.8, 4) is 17.3 Å². The van der Waals surface area contributed by atoms with E-state index >= 15 is 0 Å². The van der Waals surface area contributed by atoms with E-state index in [2.05, 4.69) is 20.5 Å². The molecule has 0 radical (unpaired) electrons. The van der Waals surface area contributed by atoms with Gasteiger partial charge in [0.05, 0.1) is 6.20 Å². The Hall–Kier alpha value is -1.98. The highest BCUT2D eigenvalue weighted by Crippen LogP contribution is 2.14. The Morgan fingerprint density at radius 2 is 2.23 bits per heavy atom.